The van der Waals surface area contributed by atoms with Crippen molar-refractivity contribution in [2.75, 3.05) is 13.1 Å². The molecule has 1 fully saturated rings. The van der Waals surface area contributed by atoms with Gasteiger partial charge in [-0.2, -0.15) is 9.41 Å². The third kappa shape index (κ3) is 5.62. The van der Waals surface area contributed by atoms with Crippen molar-refractivity contribution in [1.29, 1.82) is 0 Å². The van der Waals surface area contributed by atoms with Gasteiger partial charge in [0.15, 0.2) is 0 Å². The molecule has 1 aliphatic rings. The van der Waals surface area contributed by atoms with Crippen LogP contribution in [0.5, 0.6) is 0 Å². The van der Waals surface area contributed by atoms with Gasteiger partial charge in [-0.1, -0.05) is 24.6 Å². The molecular weight excluding hydrogens is 420 g/mol. The number of nitro groups is 1. The number of allylic oxidation sites excluding steroid dienone is 1. The molecule has 3 rings (SSSR count). The highest BCUT2D eigenvalue weighted by Gasteiger charge is 2.26. The number of piperidine rings is 1. The quantitative estimate of drug-likeness (QED) is 0.401. The Bertz CT molecular complexity index is 1120. The predicted octanol–water partition coefficient (Wildman–Crippen LogP) is 3.20. The molecule has 2 aromatic rings. The van der Waals surface area contributed by atoms with Crippen LogP contribution in [-0.2, 0) is 10.0 Å². The normalized spacial score (nSPS) is 15.4. The Hall–Kier alpha value is -3.37. The summed E-state index contributed by atoms with van der Waals surface area (Å²) in [5.41, 5.74) is 2.85. The van der Waals surface area contributed by atoms with E-state index in [-0.39, 0.29) is 16.1 Å². The van der Waals surface area contributed by atoms with Crippen LogP contribution in [0, 0.1) is 10.1 Å². The molecule has 9 nitrogen and oxygen atoms in total. The van der Waals surface area contributed by atoms with Gasteiger partial charge < -0.3 is 0 Å². The maximum atomic E-state index is 12.8. The van der Waals surface area contributed by atoms with Gasteiger partial charge in [-0.3, -0.25) is 14.9 Å². The molecule has 1 N–H and O–H groups in total. The van der Waals surface area contributed by atoms with Crippen LogP contribution in [0.15, 0.2) is 64.6 Å². The Kier molecular flexibility index (Phi) is 7.27. The maximum absolute atomic E-state index is 12.8. The molecule has 0 radical (unpaired) electrons. The number of amides is 1. The molecule has 0 bridgehead atoms. The number of hydrogen-bond acceptors (Lipinski definition) is 6. The van der Waals surface area contributed by atoms with Crippen molar-refractivity contribution >= 4 is 33.9 Å². The van der Waals surface area contributed by atoms with Crippen LogP contribution >= 0.6 is 0 Å². The van der Waals surface area contributed by atoms with E-state index < -0.39 is 20.9 Å². The van der Waals surface area contributed by atoms with E-state index >= 15 is 0 Å². The molecular formula is C21H22N4O5S. The standard InChI is InChI=1S/C21H22N4O5S/c26-21(23-22-13-7-10-17-8-2-3-12-20(17)25(27)28)18-9-6-11-19(16-18)31(29,30)24-14-4-1-5-15-24/h2-3,6-13,16H,1,4-5,14-15H2,(H,23,26). The van der Waals surface area contributed by atoms with Gasteiger partial charge in [0.1, 0.15) is 0 Å². The summed E-state index contributed by atoms with van der Waals surface area (Å²) in [5, 5.41) is 14.8. The molecule has 162 valence electrons. The van der Waals surface area contributed by atoms with E-state index in [0.717, 1.165) is 19.3 Å². The third-order valence-corrected chi connectivity index (χ3v) is 6.68. The molecule has 0 unspecified atom stereocenters. The van der Waals surface area contributed by atoms with Gasteiger partial charge in [0.05, 0.1) is 15.4 Å². The van der Waals surface area contributed by atoms with E-state index in [2.05, 4.69) is 10.5 Å². The molecule has 0 saturated carbocycles. The summed E-state index contributed by atoms with van der Waals surface area (Å²) in [7, 11) is -3.64. The van der Waals surface area contributed by atoms with Crippen LogP contribution in [0.3, 0.4) is 0 Å². The first kappa shape index (κ1) is 22.3. The van der Waals surface area contributed by atoms with Crippen LogP contribution in [-0.4, -0.2) is 42.9 Å². The fraction of sp³-hybridized carbons (Fsp3) is 0.238. The van der Waals surface area contributed by atoms with Crippen molar-refractivity contribution in [3.8, 4) is 0 Å². The molecule has 0 aromatic heterocycles. The average molecular weight is 442 g/mol. The summed E-state index contributed by atoms with van der Waals surface area (Å²) in [5.74, 6) is -0.564. The van der Waals surface area contributed by atoms with Crippen molar-refractivity contribution in [1.82, 2.24) is 9.73 Å². The van der Waals surface area contributed by atoms with Gasteiger partial charge in [-0.15, -0.1) is 0 Å². The number of para-hydroxylation sites is 1. The molecule has 0 spiro atoms. The number of nitrogens with zero attached hydrogens (tertiary/aromatic N) is 3. The maximum Gasteiger partial charge on any atom is 0.276 e. The number of rotatable bonds is 7. The van der Waals surface area contributed by atoms with Crippen LogP contribution in [0.25, 0.3) is 6.08 Å². The van der Waals surface area contributed by atoms with Crippen molar-refractivity contribution in [3.63, 3.8) is 0 Å². The Morgan fingerprint density at radius 2 is 1.84 bits per heavy atom. The molecule has 31 heavy (non-hydrogen) atoms. The average Bonchev–Trinajstić information content (AvgIpc) is 2.79. The van der Waals surface area contributed by atoms with Crippen LogP contribution in [0.2, 0.25) is 0 Å². The number of carbonyl (C=O) groups is 1. The lowest BCUT2D eigenvalue weighted by atomic mass is 10.2. The van der Waals surface area contributed by atoms with Gasteiger partial charge in [0, 0.05) is 30.9 Å². The second kappa shape index (κ2) is 10.1. The monoisotopic (exact) mass is 442 g/mol. The van der Waals surface area contributed by atoms with Crippen molar-refractivity contribution in [3.05, 3.63) is 75.8 Å². The topological polar surface area (TPSA) is 122 Å². The Morgan fingerprint density at radius 1 is 1.10 bits per heavy atom. The number of carbonyl (C=O) groups excluding carboxylic acids is 1. The van der Waals surface area contributed by atoms with E-state index in [0.29, 0.717) is 18.7 Å². The third-order valence-electron chi connectivity index (χ3n) is 4.78. The number of sulfonamides is 1. The van der Waals surface area contributed by atoms with E-state index in [9.17, 15) is 23.3 Å². The predicted molar refractivity (Wildman–Crippen MR) is 117 cm³/mol. The van der Waals surface area contributed by atoms with Crippen molar-refractivity contribution in [2.24, 2.45) is 5.10 Å². The molecule has 0 atom stereocenters. The van der Waals surface area contributed by atoms with Crippen molar-refractivity contribution < 1.29 is 18.1 Å². The van der Waals surface area contributed by atoms with Gasteiger partial charge in [0.2, 0.25) is 10.0 Å². The molecule has 1 amide bonds. The smallest absolute Gasteiger partial charge is 0.267 e. The zero-order valence-corrected chi connectivity index (χ0v) is 17.5. The fourth-order valence-electron chi connectivity index (χ4n) is 3.20. The van der Waals surface area contributed by atoms with Crippen LogP contribution in [0.1, 0.15) is 35.2 Å². The molecule has 2 aromatic carbocycles. The second-order valence-corrected chi connectivity index (χ2v) is 8.82. The summed E-state index contributed by atoms with van der Waals surface area (Å²) < 4.78 is 27.0. The lowest BCUT2D eigenvalue weighted by Crippen LogP contribution is -2.35. The van der Waals surface area contributed by atoms with Crippen LogP contribution in [0.4, 0.5) is 5.69 Å². The molecule has 1 saturated heterocycles. The summed E-state index contributed by atoms with van der Waals surface area (Å²) in [6.07, 6.45) is 6.91. The first-order valence-corrected chi connectivity index (χ1v) is 11.2. The van der Waals surface area contributed by atoms with E-state index in [1.54, 1.807) is 18.2 Å². The Morgan fingerprint density at radius 3 is 2.58 bits per heavy atom. The highest BCUT2D eigenvalue weighted by molar-refractivity contribution is 7.89. The van der Waals surface area contributed by atoms with E-state index in [4.69, 9.17) is 0 Å². The lowest BCUT2D eigenvalue weighted by molar-refractivity contribution is -0.385. The molecule has 10 heteroatoms. The summed E-state index contributed by atoms with van der Waals surface area (Å²) in [6, 6.07) is 12.1. The van der Waals surface area contributed by atoms with Gasteiger partial charge >= 0.3 is 0 Å². The first-order valence-electron chi connectivity index (χ1n) is 9.73. The van der Waals surface area contributed by atoms with Crippen molar-refractivity contribution in [2.45, 2.75) is 24.2 Å². The Balaban J connectivity index is 1.65. The number of hydrogen-bond donors (Lipinski definition) is 1. The van der Waals surface area contributed by atoms with Crippen LogP contribution < -0.4 is 5.43 Å². The number of hydrazone groups is 1. The lowest BCUT2D eigenvalue weighted by Gasteiger charge is -2.25. The number of nitrogens with one attached hydrogen (secondary N) is 1. The van der Waals surface area contributed by atoms with E-state index in [1.807, 2.05) is 0 Å². The minimum atomic E-state index is -3.64. The summed E-state index contributed by atoms with van der Waals surface area (Å²) >= 11 is 0. The highest BCUT2D eigenvalue weighted by Crippen LogP contribution is 2.21. The van der Waals surface area contributed by atoms with Gasteiger partial charge in [0.25, 0.3) is 11.6 Å². The van der Waals surface area contributed by atoms with E-state index in [1.165, 1.54) is 53.0 Å². The zero-order chi connectivity index (χ0) is 22.3. The Labute approximate surface area is 180 Å². The highest BCUT2D eigenvalue weighted by atomic mass is 32.2. The van der Waals surface area contributed by atoms with Gasteiger partial charge in [-0.25, -0.2) is 13.8 Å². The molecule has 1 heterocycles. The first-order chi connectivity index (χ1) is 14.9. The SMILES string of the molecule is O=C(NN=CC=Cc1ccccc1[N+](=O)[O-])c1cccc(S(=O)(=O)N2CCCCC2)c1. The molecule has 0 aliphatic carbocycles. The summed E-state index contributed by atoms with van der Waals surface area (Å²) in [6.45, 7) is 0.962. The molecule has 1 aliphatic heterocycles. The number of benzene rings is 2. The largest absolute Gasteiger partial charge is 0.276 e. The second-order valence-electron chi connectivity index (χ2n) is 6.89. The summed E-state index contributed by atoms with van der Waals surface area (Å²) in [4.78, 5) is 22.9. The fourth-order valence-corrected chi connectivity index (χ4v) is 4.76. The van der Waals surface area contributed by atoms with Gasteiger partial charge in [-0.05, 0) is 49.3 Å². The minimum Gasteiger partial charge on any atom is -0.267 e. The number of nitro benzene ring substituents is 1. The zero-order valence-electron chi connectivity index (χ0n) is 16.7. The minimum absolute atomic E-state index is 0.0390.